The lowest BCUT2D eigenvalue weighted by atomic mass is 9.99. The van der Waals surface area contributed by atoms with Crippen molar-refractivity contribution in [2.75, 3.05) is 5.75 Å². The molecule has 0 saturated heterocycles. The van der Waals surface area contributed by atoms with E-state index in [1.807, 2.05) is 0 Å². The van der Waals surface area contributed by atoms with Gasteiger partial charge in [-0.15, -0.1) is 0 Å². The molecule has 0 aliphatic rings. The minimum absolute atomic E-state index is 0.291. The molecule has 0 aromatic heterocycles. The van der Waals surface area contributed by atoms with Gasteiger partial charge in [-0.2, -0.15) is 8.42 Å². The fourth-order valence-electron chi connectivity index (χ4n) is 1.14. The van der Waals surface area contributed by atoms with Crippen LogP contribution in [-0.2, 0) is 14.9 Å². The second-order valence-corrected chi connectivity index (χ2v) is 5.54. The van der Waals surface area contributed by atoms with E-state index in [-0.39, 0.29) is 11.7 Å². The van der Waals surface area contributed by atoms with Crippen LogP contribution in [0.15, 0.2) is 12.7 Å². The zero-order valence-corrected chi connectivity index (χ0v) is 9.80. The molecular weight excluding hydrogens is 218 g/mol. The Bertz CT molecular complexity index is 332. The smallest absolute Gasteiger partial charge is 0.264 e. The lowest BCUT2D eigenvalue weighted by Gasteiger charge is -2.25. The zero-order valence-electron chi connectivity index (χ0n) is 8.99. The molecule has 0 unspecified atom stereocenters. The van der Waals surface area contributed by atoms with Crippen LogP contribution in [-0.4, -0.2) is 30.2 Å². The molecule has 0 aromatic rings. The van der Waals surface area contributed by atoms with Crippen molar-refractivity contribution in [2.24, 2.45) is 0 Å². The van der Waals surface area contributed by atoms with Crippen LogP contribution in [0.2, 0.25) is 0 Å². The largest absolute Gasteiger partial charge is 0.348 e. The van der Waals surface area contributed by atoms with Gasteiger partial charge in [0.15, 0.2) is 0 Å². The highest BCUT2D eigenvalue weighted by atomic mass is 32.2. The summed E-state index contributed by atoms with van der Waals surface area (Å²) in [5.74, 6) is -0.590. The topological polar surface area (TPSA) is 83.5 Å². The van der Waals surface area contributed by atoms with E-state index in [2.05, 4.69) is 11.9 Å². The highest BCUT2D eigenvalue weighted by Crippen LogP contribution is 2.11. The van der Waals surface area contributed by atoms with Crippen LogP contribution in [0.25, 0.3) is 0 Å². The first-order valence-electron chi connectivity index (χ1n) is 4.56. The van der Waals surface area contributed by atoms with E-state index in [9.17, 15) is 13.2 Å². The lowest BCUT2D eigenvalue weighted by Crippen LogP contribution is -2.42. The minimum atomic E-state index is -3.91. The summed E-state index contributed by atoms with van der Waals surface area (Å²) in [6, 6.07) is 0. The molecule has 0 atom stereocenters. The molecular formula is C9H17NO4S. The third-order valence-corrected chi connectivity index (χ3v) is 2.66. The Morgan fingerprint density at radius 2 is 2.07 bits per heavy atom. The van der Waals surface area contributed by atoms with Crippen molar-refractivity contribution in [1.29, 1.82) is 0 Å². The Labute approximate surface area is 90.3 Å². The highest BCUT2D eigenvalue weighted by molar-refractivity contribution is 7.85. The average molecular weight is 235 g/mol. The summed E-state index contributed by atoms with van der Waals surface area (Å²) in [7, 11) is -3.91. The molecule has 0 aromatic carbocycles. The van der Waals surface area contributed by atoms with Gasteiger partial charge in [0.1, 0.15) is 0 Å². The number of carbonyl (C=O) groups is 1. The summed E-state index contributed by atoms with van der Waals surface area (Å²) in [5.41, 5.74) is -0.504. The Balaban J connectivity index is 4.04. The quantitative estimate of drug-likeness (QED) is 0.525. The maximum Gasteiger partial charge on any atom is 0.264 e. The van der Waals surface area contributed by atoms with Crippen molar-refractivity contribution in [2.45, 2.75) is 32.2 Å². The van der Waals surface area contributed by atoms with Gasteiger partial charge in [-0.3, -0.25) is 9.35 Å². The van der Waals surface area contributed by atoms with Crippen LogP contribution in [0, 0.1) is 0 Å². The molecule has 0 bridgehead atoms. The third-order valence-electron chi connectivity index (χ3n) is 1.85. The average Bonchev–Trinajstić information content (AvgIpc) is 2.00. The van der Waals surface area contributed by atoms with Gasteiger partial charge in [-0.25, -0.2) is 0 Å². The Kier molecular flexibility index (Phi) is 4.96. The van der Waals surface area contributed by atoms with Crippen molar-refractivity contribution in [3.8, 4) is 0 Å². The number of amides is 1. The molecule has 0 heterocycles. The fourth-order valence-corrected chi connectivity index (χ4v) is 1.65. The minimum Gasteiger partial charge on any atom is -0.348 e. The Morgan fingerprint density at radius 1 is 1.53 bits per heavy atom. The summed E-state index contributed by atoms with van der Waals surface area (Å²) in [5, 5.41) is 2.66. The standard InChI is InChI=1S/C9H17NO4S/c1-4-8(11)10-9(2,3)6-5-7-15(12,13)14/h4H,1,5-7H2,2-3H3,(H,10,11)(H,12,13,14). The van der Waals surface area contributed by atoms with Crippen molar-refractivity contribution in [3.63, 3.8) is 0 Å². The summed E-state index contributed by atoms with van der Waals surface area (Å²) < 4.78 is 29.4. The third kappa shape index (κ3) is 8.14. The van der Waals surface area contributed by atoms with Crippen LogP contribution in [0.5, 0.6) is 0 Å². The maximum atomic E-state index is 11.0. The van der Waals surface area contributed by atoms with Crippen molar-refractivity contribution in [1.82, 2.24) is 5.32 Å². The van der Waals surface area contributed by atoms with Crippen molar-refractivity contribution >= 4 is 16.0 Å². The SMILES string of the molecule is C=CC(=O)NC(C)(C)CCCS(=O)(=O)O. The van der Waals surface area contributed by atoms with Gasteiger partial charge in [0, 0.05) is 5.54 Å². The lowest BCUT2D eigenvalue weighted by molar-refractivity contribution is -0.118. The van der Waals surface area contributed by atoms with E-state index in [1.165, 1.54) is 0 Å². The monoisotopic (exact) mass is 235 g/mol. The van der Waals surface area contributed by atoms with Gasteiger partial charge in [0.05, 0.1) is 5.75 Å². The summed E-state index contributed by atoms with van der Waals surface area (Å²) >= 11 is 0. The molecule has 2 N–H and O–H groups in total. The van der Waals surface area contributed by atoms with Crippen LogP contribution < -0.4 is 5.32 Å². The first kappa shape index (κ1) is 14.1. The van der Waals surface area contributed by atoms with Crippen LogP contribution in [0.1, 0.15) is 26.7 Å². The molecule has 0 aliphatic carbocycles. The summed E-state index contributed by atoms with van der Waals surface area (Å²) in [6.07, 6.45) is 1.92. The fraction of sp³-hybridized carbons (Fsp3) is 0.667. The van der Waals surface area contributed by atoms with Gasteiger partial charge < -0.3 is 5.32 Å². The van der Waals surface area contributed by atoms with E-state index < -0.39 is 15.7 Å². The zero-order chi connectivity index (χ0) is 12.1. The maximum absolute atomic E-state index is 11.0. The number of carbonyl (C=O) groups excluding carboxylic acids is 1. The summed E-state index contributed by atoms with van der Waals surface area (Å²) in [6.45, 7) is 6.87. The Hall–Kier alpha value is -0.880. The predicted molar refractivity (Wildman–Crippen MR) is 58.1 cm³/mol. The van der Waals surface area contributed by atoms with Gasteiger partial charge in [-0.1, -0.05) is 6.58 Å². The number of rotatable bonds is 6. The van der Waals surface area contributed by atoms with Gasteiger partial charge in [-0.05, 0) is 32.8 Å². The number of nitrogens with one attached hydrogen (secondary N) is 1. The molecule has 5 nitrogen and oxygen atoms in total. The molecule has 6 heteroatoms. The molecule has 1 amide bonds. The molecule has 0 spiro atoms. The first-order valence-corrected chi connectivity index (χ1v) is 6.17. The molecule has 0 saturated carbocycles. The van der Waals surface area contributed by atoms with Crippen LogP contribution >= 0.6 is 0 Å². The van der Waals surface area contributed by atoms with Gasteiger partial charge in [0.25, 0.3) is 10.1 Å². The van der Waals surface area contributed by atoms with E-state index >= 15 is 0 Å². The van der Waals surface area contributed by atoms with E-state index in [1.54, 1.807) is 13.8 Å². The second kappa shape index (κ2) is 5.27. The van der Waals surface area contributed by atoms with Gasteiger partial charge >= 0.3 is 0 Å². The molecule has 0 rings (SSSR count). The predicted octanol–water partition coefficient (Wildman–Crippen LogP) is 0.735. The van der Waals surface area contributed by atoms with Gasteiger partial charge in [0.2, 0.25) is 5.91 Å². The van der Waals surface area contributed by atoms with Crippen molar-refractivity contribution < 1.29 is 17.8 Å². The molecule has 15 heavy (non-hydrogen) atoms. The normalized spacial score (nSPS) is 12.2. The van der Waals surface area contributed by atoms with Crippen LogP contribution in [0.4, 0.5) is 0 Å². The summed E-state index contributed by atoms with van der Waals surface area (Å²) in [4.78, 5) is 11.0. The molecule has 0 radical (unpaired) electrons. The van der Waals surface area contributed by atoms with E-state index in [0.29, 0.717) is 12.8 Å². The van der Waals surface area contributed by atoms with E-state index in [4.69, 9.17) is 4.55 Å². The van der Waals surface area contributed by atoms with Crippen molar-refractivity contribution in [3.05, 3.63) is 12.7 Å². The number of hydrogen-bond acceptors (Lipinski definition) is 3. The molecule has 0 aliphatic heterocycles. The number of hydrogen-bond donors (Lipinski definition) is 2. The molecule has 88 valence electrons. The van der Waals surface area contributed by atoms with Crippen LogP contribution in [0.3, 0.4) is 0 Å². The van der Waals surface area contributed by atoms with E-state index in [0.717, 1.165) is 6.08 Å². The molecule has 0 fully saturated rings. The first-order chi connectivity index (χ1) is 6.66. The second-order valence-electron chi connectivity index (χ2n) is 3.97. The highest BCUT2D eigenvalue weighted by Gasteiger charge is 2.19. The Morgan fingerprint density at radius 3 is 2.47 bits per heavy atom.